The molecule has 3 aromatic rings. The summed E-state index contributed by atoms with van der Waals surface area (Å²) in [4.78, 5) is 6.27. The van der Waals surface area contributed by atoms with Crippen molar-refractivity contribution in [2.45, 2.75) is 16.3 Å². The van der Waals surface area contributed by atoms with E-state index >= 15 is 0 Å². The third kappa shape index (κ3) is 4.60. The van der Waals surface area contributed by atoms with Gasteiger partial charge in [0.05, 0.1) is 15.3 Å². The topological polar surface area (TPSA) is 114 Å². The lowest BCUT2D eigenvalue weighted by Gasteiger charge is -2.34. The van der Waals surface area contributed by atoms with E-state index in [9.17, 15) is 21.2 Å². The minimum Gasteiger partial charge on any atom is -0.296 e. The molecule has 0 amide bonds. The van der Waals surface area contributed by atoms with Gasteiger partial charge in [0.2, 0.25) is 20.0 Å². The second kappa shape index (κ2) is 8.24. The fourth-order valence-electron chi connectivity index (χ4n) is 3.67. The van der Waals surface area contributed by atoms with E-state index in [1.807, 2.05) is 0 Å². The summed E-state index contributed by atoms with van der Waals surface area (Å²) in [5.74, 6) is -0.334. The molecule has 164 valence electrons. The zero-order valence-corrected chi connectivity index (χ0v) is 18.1. The van der Waals surface area contributed by atoms with Crippen LogP contribution in [-0.2, 0) is 26.6 Å². The lowest BCUT2D eigenvalue weighted by atomic mass is 10.1. The van der Waals surface area contributed by atoms with Crippen LogP contribution >= 0.6 is 0 Å². The van der Waals surface area contributed by atoms with Crippen LogP contribution in [0.1, 0.15) is 5.56 Å². The van der Waals surface area contributed by atoms with Gasteiger partial charge in [-0.25, -0.2) is 26.4 Å². The molecule has 1 aliphatic heterocycles. The van der Waals surface area contributed by atoms with Crippen LogP contribution in [0.15, 0.2) is 64.5 Å². The van der Waals surface area contributed by atoms with Gasteiger partial charge in [0, 0.05) is 44.3 Å². The maximum Gasteiger partial charge on any atom is 0.243 e. The van der Waals surface area contributed by atoms with Crippen molar-refractivity contribution < 1.29 is 21.2 Å². The summed E-state index contributed by atoms with van der Waals surface area (Å²) in [5.41, 5.74) is 1.49. The van der Waals surface area contributed by atoms with Crippen LogP contribution in [0.25, 0.3) is 10.9 Å². The Balaban J connectivity index is 1.46. The number of fused-ring (bicyclic) bond motifs is 1. The highest BCUT2D eigenvalue weighted by atomic mass is 32.2. The third-order valence-electron chi connectivity index (χ3n) is 5.26. The first kappa shape index (κ1) is 21.8. The van der Waals surface area contributed by atoms with Crippen molar-refractivity contribution in [3.05, 3.63) is 66.1 Å². The third-order valence-corrected chi connectivity index (χ3v) is 8.11. The monoisotopic (exact) mass is 464 g/mol. The molecule has 1 fully saturated rings. The average Bonchev–Trinajstić information content (AvgIpc) is 2.73. The maximum atomic E-state index is 14.0. The molecule has 31 heavy (non-hydrogen) atoms. The second-order valence-electron chi connectivity index (χ2n) is 7.34. The molecule has 2 N–H and O–H groups in total. The van der Waals surface area contributed by atoms with E-state index in [1.54, 1.807) is 18.3 Å². The first-order valence-electron chi connectivity index (χ1n) is 9.53. The second-order valence-corrected chi connectivity index (χ2v) is 10.8. The number of pyridine rings is 1. The SMILES string of the molecule is NS(=O)(=O)c1ccc(S(=O)(=O)N2CCN(Cc3cc(F)cc4cccnc34)CC2)cc1. The van der Waals surface area contributed by atoms with Crippen molar-refractivity contribution in [1.82, 2.24) is 14.2 Å². The summed E-state index contributed by atoms with van der Waals surface area (Å²) < 4.78 is 63.9. The highest BCUT2D eigenvalue weighted by Gasteiger charge is 2.29. The van der Waals surface area contributed by atoms with Crippen LogP contribution in [0.4, 0.5) is 4.39 Å². The van der Waals surface area contributed by atoms with Crippen molar-refractivity contribution >= 4 is 30.9 Å². The number of halogens is 1. The largest absolute Gasteiger partial charge is 0.296 e. The Morgan fingerprint density at radius 1 is 0.935 bits per heavy atom. The molecule has 0 radical (unpaired) electrons. The minimum atomic E-state index is -3.89. The fraction of sp³-hybridized carbons (Fsp3) is 0.250. The summed E-state index contributed by atoms with van der Waals surface area (Å²) in [6.45, 7) is 1.93. The van der Waals surface area contributed by atoms with Gasteiger partial charge in [-0.1, -0.05) is 6.07 Å². The van der Waals surface area contributed by atoms with Gasteiger partial charge >= 0.3 is 0 Å². The maximum absolute atomic E-state index is 14.0. The molecule has 0 saturated carbocycles. The van der Waals surface area contributed by atoms with E-state index in [0.29, 0.717) is 19.6 Å². The Kier molecular flexibility index (Phi) is 5.79. The van der Waals surface area contributed by atoms with E-state index in [1.165, 1.54) is 40.7 Å². The fourth-order valence-corrected chi connectivity index (χ4v) is 5.60. The standard InChI is InChI=1S/C20H21FN4O4S2/c21-17-12-15-2-1-7-23-20(15)16(13-17)14-24-8-10-25(11-9-24)31(28,29)19-5-3-18(4-6-19)30(22,26)27/h1-7,12-13H,8-11,14H2,(H2,22,26,27). The molecule has 1 saturated heterocycles. The summed E-state index contributed by atoms with van der Waals surface area (Å²) in [5, 5.41) is 5.78. The normalized spacial score (nSPS) is 16.6. The number of aromatic nitrogens is 1. The van der Waals surface area contributed by atoms with Crippen molar-refractivity contribution in [1.29, 1.82) is 0 Å². The molecule has 4 rings (SSSR count). The van der Waals surface area contributed by atoms with Crippen molar-refractivity contribution in [2.24, 2.45) is 5.14 Å². The zero-order valence-electron chi connectivity index (χ0n) is 16.5. The number of hydrogen-bond donors (Lipinski definition) is 1. The van der Waals surface area contributed by atoms with Crippen molar-refractivity contribution in [3.63, 3.8) is 0 Å². The first-order chi connectivity index (χ1) is 14.6. The number of benzene rings is 2. The molecule has 0 unspecified atom stereocenters. The van der Waals surface area contributed by atoms with Gasteiger partial charge in [0.25, 0.3) is 0 Å². The molecular formula is C20H21FN4O4S2. The molecule has 0 bridgehead atoms. The van der Waals surface area contributed by atoms with Gasteiger partial charge < -0.3 is 0 Å². The van der Waals surface area contributed by atoms with Crippen LogP contribution in [0.2, 0.25) is 0 Å². The molecule has 11 heteroatoms. The van der Waals surface area contributed by atoms with E-state index in [0.717, 1.165) is 16.5 Å². The van der Waals surface area contributed by atoms with E-state index in [-0.39, 0.29) is 28.7 Å². The molecule has 8 nitrogen and oxygen atoms in total. The number of piperazine rings is 1. The van der Waals surface area contributed by atoms with Gasteiger partial charge in [-0.2, -0.15) is 4.31 Å². The van der Waals surface area contributed by atoms with Crippen molar-refractivity contribution in [3.8, 4) is 0 Å². The van der Waals surface area contributed by atoms with E-state index < -0.39 is 20.0 Å². The Morgan fingerprint density at radius 2 is 1.58 bits per heavy atom. The molecule has 1 aromatic heterocycles. The number of primary sulfonamides is 1. The first-order valence-corrected chi connectivity index (χ1v) is 12.5. The average molecular weight is 465 g/mol. The molecule has 2 heterocycles. The van der Waals surface area contributed by atoms with Gasteiger partial charge in [-0.3, -0.25) is 9.88 Å². The van der Waals surface area contributed by atoms with Crippen LogP contribution in [-0.4, -0.2) is 57.2 Å². The van der Waals surface area contributed by atoms with E-state index in [2.05, 4.69) is 9.88 Å². The number of hydrogen-bond acceptors (Lipinski definition) is 6. The lowest BCUT2D eigenvalue weighted by Crippen LogP contribution is -2.48. The van der Waals surface area contributed by atoms with E-state index in [4.69, 9.17) is 5.14 Å². The van der Waals surface area contributed by atoms with Crippen LogP contribution in [0.5, 0.6) is 0 Å². The quantitative estimate of drug-likeness (QED) is 0.613. The molecule has 2 aromatic carbocycles. The highest BCUT2D eigenvalue weighted by Crippen LogP contribution is 2.23. The smallest absolute Gasteiger partial charge is 0.243 e. The van der Waals surface area contributed by atoms with Crippen LogP contribution < -0.4 is 5.14 Å². The molecule has 1 aliphatic rings. The van der Waals surface area contributed by atoms with Gasteiger partial charge in [0.1, 0.15) is 5.82 Å². The summed E-state index contributed by atoms with van der Waals surface area (Å²) in [7, 11) is -7.66. The summed E-state index contributed by atoms with van der Waals surface area (Å²) in [6.07, 6.45) is 1.66. The Bertz CT molecular complexity index is 1320. The summed E-state index contributed by atoms with van der Waals surface area (Å²) in [6, 6.07) is 11.3. The Morgan fingerprint density at radius 3 is 2.23 bits per heavy atom. The number of sulfonamides is 2. The molecule has 0 atom stereocenters. The van der Waals surface area contributed by atoms with Crippen LogP contribution in [0, 0.1) is 5.82 Å². The highest BCUT2D eigenvalue weighted by molar-refractivity contribution is 7.89. The molecular weight excluding hydrogens is 443 g/mol. The van der Waals surface area contributed by atoms with Gasteiger partial charge in [0.15, 0.2) is 0 Å². The predicted octanol–water partition coefficient (Wildman–Crippen LogP) is 1.53. The van der Waals surface area contributed by atoms with Gasteiger partial charge in [-0.15, -0.1) is 0 Å². The summed E-state index contributed by atoms with van der Waals surface area (Å²) >= 11 is 0. The molecule has 0 spiro atoms. The lowest BCUT2D eigenvalue weighted by molar-refractivity contribution is 0.182. The Hall–Kier alpha value is -2.44. The predicted molar refractivity (Wildman–Crippen MR) is 114 cm³/mol. The molecule has 0 aliphatic carbocycles. The van der Waals surface area contributed by atoms with Crippen LogP contribution in [0.3, 0.4) is 0 Å². The number of nitrogens with zero attached hydrogens (tertiary/aromatic N) is 3. The zero-order chi connectivity index (χ0) is 22.2. The minimum absolute atomic E-state index is 0.00803. The number of nitrogens with two attached hydrogens (primary N) is 1. The number of rotatable bonds is 5. The Labute approximate surface area is 180 Å². The van der Waals surface area contributed by atoms with Gasteiger partial charge in [-0.05, 0) is 48.0 Å². The van der Waals surface area contributed by atoms with Crippen molar-refractivity contribution in [2.75, 3.05) is 26.2 Å².